The molecule has 63 heavy (non-hydrogen) atoms. The van der Waals surface area contributed by atoms with Crippen LogP contribution in [0.3, 0.4) is 0 Å². The molecule has 0 bridgehead atoms. The number of carboxylic acid groups (broad SMARTS) is 1. The van der Waals surface area contributed by atoms with Gasteiger partial charge in [0.05, 0.1) is 25.9 Å². The maximum atomic E-state index is 12.7. The maximum absolute atomic E-state index is 12.7. The van der Waals surface area contributed by atoms with Gasteiger partial charge in [-0.3, -0.25) is 24.0 Å². The lowest BCUT2D eigenvalue weighted by molar-refractivity contribution is -0.147. The van der Waals surface area contributed by atoms with Crippen molar-refractivity contribution in [2.75, 3.05) is 6.61 Å². The van der Waals surface area contributed by atoms with E-state index in [-0.39, 0.29) is 99.1 Å². The Kier molecular flexibility index (Phi) is 19.0. The zero-order valence-electron chi connectivity index (χ0n) is 35.0. The number of rotatable bonds is 24. The third-order valence-electron chi connectivity index (χ3n) is 9.32. The number of carbonyl (C=O) groups is 8. The Morgan fingerprint density at radius 1 is 0.508 bits per heavy atom. The molecule has 0 aromatic heterocycles. The van der Waals surface area contributed by atoms with Crippen molar-refractivity contribution in [1.29, 1.82) is 0 Å². The van der Waals surface area contributed by atoms with Crippen LogP contribution in [0.2, 0.25) is 0 Å². The molecule has 0 saturated carbocycles. The molecule has 16 heteroatoms. The number of phenolic OH excluding ortho intramolecular Hbond substituents is 1. The molecular weight excluding hydrogens is 817 g/mol. The molecule has 0 aliphatic heterocycles. The number of carboxylic acids is 1. The predicted molar refractivity (Wildman–Crippen MR) is 226 cm³/mol. The Morgan fingerprint density at radius 3 is 1.27 bits per heavy atom. The number of esters is 4. The predicted octanol–water partition coefficient (Wildman–Crippen LogP) is 4.93. The minimum absolute atomic E-state index is 0.0139. The standard InChI is InChI=1S/C47H50N2O14/c1-3-60-47(59)40(49-42(53)24-13-31-5-15-35(51)16-6-31)29-34-11-21-38(22-12-34)63-45(56)27-26-44(55)62-36-17-7-32(8-18-36)14-23-41(52)48-39(46(57)58)28-33-9-19-37(20-10-33)61-43(54)25-4-30(2)50/h5-12,15-22,39-40,51H,3-4,13-14,23-29H2,1-2H3,(H,48,52)(H,49,53)(H,57,58). The zero-order chi connectivity index (χ0) is 45.7. The summed E-state index contributed by atoms with van der Waals surface area (Å²) in [5.74, 6) is -3.90. The van der Waals surface area contributed by atoms with Gasteiger partial charge in [-0.05, 0) is 97.5 Å². The van der Waals surface area contributed by atoms with Gasteiger partial charge in [0.2, 0.25) is 11.8 Å². The highest BCUT2D eigenvalue weighted by atomic mass is 16.5. The number of nitrogens with one attached hydrogen (secondary N) is 2. The summed E-state index contributed by atoms with van der Waals surface area (Å²) < 4.78 is 21.0. The van der Waals surface area contributed by atoms with Crippen molar-refractivity contribution in [3.63, 3.8) is 0 Å². The number of hydrogen-bond acceptors (Lipinski definition) is 13. The molecule has 0 spiro atoms. The van der Waals surface area contributed by atoms with E-state index in [0.29, 0.717) is 17.5 Å². The number of benzene rings is 4. The van der Waals surface area contributed by atoms with Crippen molar-refractivity contribution in [3.05, 3.63) is 119 Å². The number of Topliss-reactive ketones (excluding diaryl/α,β-unsaturated/α-hetero) is 1. The molecule has 0 aliphatic rings. The normalized spacial score (nSPS) is 11.6. The number of ketones is 1. The number of aryl methyl sites for hydroxylation is 2. The Morgan fingerprint density at radius 2 is 0.873 bits per heavy atom. The van der Waals surface area contributed by atoms with Gasteiger partial charge >= 0.3 is 29.8 Å². The van der Waals surface area contributed by atoms with Crippen molar-refractivity contribution in [2.24, 2.45) is 0 Å². The van der Waals surface area contributed by atoms with E-state index in [1.807, 2.05) is 0 Å². The van der Waals surface area contributed by atoms with E-state index in [1.165, 1.54) is 55.5 Å². The summed E-state index contributed by atoms with van der Waals surface area (Å²) in [7, 11) is 0. The van der Waals surface area contributed by atoms with E-state index in [9.17, 15) is 48.6 Å². The molecule has 0 heterocycles. The molecule has 2 amide bonds. The van der Waals surface area contributed by atoms with Gasteiger partial charge in [-0.15, -0.1) is 0 Å². The van der Waals surface area contributed by atoms with E-state index < -0.39 is 47.8 Å². The third-order valence-corrected chi connectivity index (χ3v) is 9.32. The molecule has 4 N–H and O–H groups in total. The highest BCUT2D eigenvalue weighted by Gasteiger charge is 2.23. The number of aromatic hydroxyl groups is 1. The monoisotopic (exact) mass is 866 g/mol. The first kappa shape index (κ1) is 48.3. The first-order chi connectivity index (χ1) is 30.1. The van der Waals surface area contributed by atoms with Crippen molar-refractivity contribution in [2.45, 2.75) is 90.1 Å². The van der Waals surface area contributed by atoms with Crippen LogP contribution in [0.15, 0.2) is 97.1 Å². The van der Waals surface area contributed by atoms with Crippen molar-refractivity contribution in [1.82, 2.24) is 10.6 Å². The second kappa shape index (κ2) is 24.8. The van der Waals surface area contributed by atoms with E-state index in [4.69, 9.17) is 18.9 Å². The summed E-state index contributed by atoms with van der Waals surface area (Å²) in [6.07, 6.45) is 0.387. The smallest absolute Gasteiger partial charge is 0.328 e. The maximum Gasteiger partial charge on any atom is 0.328 e. The molecule has 2 atom stereocenters. The van der Waals surface area contributed by atoms with Gasteiger partial charge in [0, 0.05) is 32.1 Å². The molecule has 0 fully saturated rings. The van der Waals surface area contributed by atoms with Crippen LogP contribution in [0.4, 0.5) is 0 Å². The number of amides is 2. The first-order valence-corrected chi connectivity index (χ1v) is 20.3. The lowest BCUT2D eigenvalue weighted by Crippen LogP contribution is -2.43. The molecule has 16 nitrogen and oxygen atoms in total. The Hall–Kier alpha value is -7.36. The van der Waals surface area contributed by atoms with Crippen LogP contribution in [0, 0.1) is 0 Å². The lowest BCUT2D eigenvalue weighted by Gasteiger charge is -2.18. The van der Waals surface area contributed by atoms with Gasteiger partial charge in [-0.25, -0.2) is 9.59 Å². The Bertz CT molecular complexity index is 2200. The van der Waals surface area contributed by atoms with Crippen molar-refractivity contribution in [3.8, 4) is 23.0 Å². The second-order valence-electron chi connectivity index (χ2n) is 14.5. The van der Waals surface area contributed by atoms with Crippen LogP contribution in [0.5, 0.6) is 23.0 Å². The van der Waals surface area contributed by atoms with Gasteiger partial charge in [0.15, 0.2) is 0 Å². The number of carbonyl (C=O) groups excluding carboxylic acids is 7. The quantitative estimate of drug-likeness (QED) is 0.0540. The van der Waals surface area contributed by atoms with Crippen molar-refractivity contribution >= 4 is 47.4 Å². The van der Waals surface area contributed by atoms with Crippen LogP contribution < -0.4 is 24.8 Å². The number of ether oxygens (including phenoxy) is 4. The largest absolute Gasteiger partial charge is 0.508 e. The fraction of sp³-hybridized carbons (Fsp3) is 0.319. The van der Waals surface area contributed by atoms with Crippen molar-refractivity contribution < 1.29 is 67.5 Å². The number of aliphatic carboxylic acids is 1. The highest BCUT2D eigenvalue weighted by Crippen LogP contribution is 2.19. The summed E-state index contributed by atoms with van der Waals surface area (Å²) >= 11 is 0. The molecule has 0 saturated heterocycles. The fourth-order valence-corrected chi connectivity index (χ4v) is 5.96. The Labute approximate surface area is 363 Å². The summed E-state index contributed by atoms with van der Waals surface area (Å²) in [5, 5.41) is 24.4. The molecule has 0 aliphatic carbocycles. The van der Waals surface area contributed by atoms with Crippen LogP contribution in [0.1, 0.15) is 74.6 Å². The highest BCUT2D eigenvalue weighted by molar-refractivity contribution is 5.85. The SMILES string of the molecule is CCOC(=O)C(Cc1ccc(OC(=O)CCC(=O)Oc2ccc(CCC(=O)NC(Cc3ccc(OC(=O)CCC(C)=O)cc3)C(=O)O)cc2)cc1)NC(=O)CCc1ccc(O)cc1. The van der Waals surface area contributed by atoms with Gasteiger partial charge in [-0.1, -0.05) is 48.5 Å². The van der Waals surface area contributed by atoms with Crippen LogP contribution in [0.25, 0.3) is 0 Å². The topological polar surface area (TPSA) is 238 Å². The van der Waals surface area contributed by atoms with Crippen LogP contribution in [-0.4, -0.2) is 76.3 Å². The average molecular weight is 867 g/mol. The van der Waals surface area contributed by atoms with Crippen LogP contribution in [-0.2, 0) is 68.8 Å². The van der Waals surface area contributed by atoms with Gasteiger partial charge in [0.25, 0.3) is 0 Å². The number of hydrogen-bond donors (Lipinski definition) is 4. The van der Waals surface area contributed by atoms with E-state index >= 15 is 0 Å². The summed E-state index contributed by atoms with van der Waals surface area (Å²) in [5.41, 5.74) is 2.83. The minimum Gasteiger partial charge on any atom is -0.508 e. The Balaban J connectivity index is 1.16. The molecule has 4 aromatic carbocycles. The minimum atomic E-state index is -1.22. The molecule has 2 unspecified atom stereocenters. The molecule has 332 valence electrons. The lowest BCUT2D eigenvalue weighted by atomic mass is 10.0. The molecule has 4 aromatic rings. The summed E-state index contributed by atoms with van der Waals surface area (Å²) in [6.45, 7) is 3.17. The van der Waals surface area contributed by atoms with E-state index in [1.54, 1.807) is 55.5 Å². The molecule has 4 rings (SSSR count). The summed E-state index contributed by atoms with van der Waals surface area (Å²) in [6, 6.07) is 23.2. The zero-order valence-corrected chi connectivity index (χ0v) is 35.0. The van der Waals surface area contributed by atoms with E-state index in [2.05, 4.69) is 10.6 Å². The molecule has 0 radical (unpaired) electrons. The van der Waals surface area contributed by atoms with Gasteiger partial charge in [-0.2, -0.15) is 0 Å². The third kappa shape index (κ3) is 18.0. The number of phenols is 1. The average Bonchev–Trinajstić information content (AvgIpc) is 3.25. The van der Waals surface area contributed by atoms with E-state index in [0.717, 1.165) is 11.1 Å². The fourth-order valence-electron chi connectivity index (χ4n) is 5.96. The van der Waals surface area contributed by atoms with Crippen LogP contribution >= 0.6 is 0 Å². The second-order valence-corrected chi connectivity index (χ2v) is 14.5. The molecular formula is C47H50N2O14. The van der Waals surface area contributed by atoms with Gasteiger partial charge in [0.1, 0.15) is 40.9 Å². The summed E-state index contributed by atoms with van der Waals surface area (Å²) in [4.78, 5) is 97.7. The first-order valence-electron chi connectivity index (χ1n) is 20.3. The van der Waals surface area contributed by atoms with Gasteiger partial charge < -0.3 is 44.6 Å².